The van der Waals surface area contributed by atoms with Crippen LogP contribution in [-0.2, 0) is 17.9 Å². The highest BCUT2D eigenvalue weighted by atomic mass is 35.5. The monoisotopic (exact) mass is 690 g/mol. The van der Waals surface area contributed by atoms with Gasteiger partial charge in [-0.15, -0.1) is 0 Å². The molecular weight excluding hydrogens is 662 g/mol. The number of nitrogens with one attached hydrogen (secondary N) is 2. The topological polar surface area (TPSA) is 234 Å². The number of phenolic OH excluding ortho intramolecular Hbond substituents is 2. The third-order valence-corrected chi connectivity index (χ3v) is 9.16. The highest BCUT2D eigenvalue weighted by Crippen LogP contribution is 2.47. The molecule has 0 unspecified atom stereocenters. The van der Waals surface area contributed by atoms with E-state index in [0.717, 1.165) is 5.01 Å². The van der Waals surface area contributed by atoms with E-state index in [-0.39, 0.29) is 64.6 Å². The number of imide groups is 1. The largest absolute Gasteiger partial charge is 1.00 e. The second-order valence-corrected chi connectivity index (χ2v) is 11.9. The molecule has 3 aromatic carbocycles. The maximum absolute atomic E-state index is 14.4. The summed E-state index contributed by atoms with van der Waals surface area (Å²) < 4.78 is 7.45. The lowest BCUT2D eigenvalue weighted by molar-refractivity contribution is -0.249. The number of carbonyl (C=O) groups is 2. The van der Waals surface area contributed by atoms with E-state index < -0.39 is 49.1 Å². The first-order valence-corrected chi connectivity index (χ1v) is 15.1. The molecule has 0 bridgehead atoms. The van der Waals surface area contributed by atoms with Crippen molar-refractivity contribution in [3.05, 3.63) is 77.1 Å². The van der Waals surface area contributed by atoms with Crippen molar-refractivity contribution in [1.82, 2.24) is 25.0 Å². The fourth-order valence-electron chi connectivity index (χ4n) is 6.99. The standard InChI is InChI=1S/C33H29N5O10.ClH/c39-11-14-3-1-2-13(35-14)10-34-38-31(46)24-22-17-6-4-15(41)8-19(17)36-26(22)27-23(25(24)32(38)47)18-7-5-16(42)9-20(18)37(27)33-30(45)29(44)28(43)21(12-40)48-33;/h1-9,21,28-30,33-34,36,39-45H,10-12H2;1H/p-1/t21-,28-,29+,30-,33-;/m1./s1. The molecule has 9 N–H and O–H groups in total. The molecule has 0 saturated carbocycles. The quantitative estimate of drug-likeness (QED) is 0.0864. The smallest absolute Gasteiger partial charge is 0.276 e. The van der Waals surface area contributed by atoms with Crippen LogP contribution >= 0.6 is 0 Å². The highest BCUT2D eigenvalue weighted by Gasteiger charge is 2.47. The summed E-state index contributed by atoms with van der Waals surface area (Å²) in [4.78, 5) is 36.2. The van der Waals surface area contributed by atoms with Crippen LogP contribution in [0.2, 0.25) is 0 Å². The predicted octanol–water partition coefficient (Wildman–Crippen LogP) is -2.00. The van der Waals surface area contributed by atoms with Crippen molar-refractivity contribution in [2.75, 3.05) is 6.61 Å². The summed E-state index contributed by atoms with van der Waals surface area (Å²) >= 11 is 0. The van der Waals surface area contributed by atoms with Crippen molar-refractivity contribution >= 4 is 55.4 Å². The number of fused-ring (bicyclic) bond motifs is 10. The maximum atomic E-state index is 14.4. The molecule has 254 valence electrons. The van der Waals surface area contributed by atoms with Gasteiger partial charge in [0.15, 0.2) is 6.23 Å². The average molecular weight is 691 g/mol. The molecule has 16 heteroatoms. The molecular formula is C33H29ClN5O10-. The molecule has 2 aliphatic heterocycles. The molecule has 0 aliphatic carbocycles. The first-order valence-electron chi connectivity index (χ1n) is 15.1. The number of aromatic amines is 1. The number of hydrogen-bond donors (Lipinski definition) is 9. The number of phenols is 2. The van der Waals surface area contributed by atoms with Gasteiger partial charge in [-0.25, -0.2) is 10.4 Å². The van der Waals surface area contributed by atoms with E-state index in [2.05, 4.69) is 15.4 Å². The fourth-order valence-corrected chi connectivity index (χ4v) is 6.99. The van der Waals surface area contributed by atoms with E-state index in [1.54, 1.807) is 30.3 Å². The number of aliphatic hydroxyl groups is 5. The number of pyridine rings is 1. The Morgan fingerprint density at radius 2 is 1.51 bits per heavy atom. The molecule has 6 aromatic rings. The van der Waals surface area contributed by atoms with Gasteiger partial charge in [0.05, 0.1) is 64.3 Å². The highest BCUT2D eigenvalue weighted by molar-refractivity contribution is 6.39. The minimum atomic E-state index is -1.74. The van der Waals surface area contributed by atoms with E-state index in [1.807, 2.05) is 0 Å². The number of H-pyrrole nitrogens is 1. The molecule has 49 heavy (non-hydrogen) atoms. The van der Waals surface area contributed by atoms with Crippen molar-refractivity contribution in [1.29, 1.82) is 0 Å². The number of ether oxygens (including phenoxy) is 1. The van der Waals surface area contributed by atoms with E-state index >= 15 is 0 Å². The predicted molar refractivity (Wildman–Crippen MR) is 169 cm³/mol. The number of aromatic hydroxyl groups is 2. The van der Waals surface area contributed by atoms with E-state index in [9.17, 15) is 45.3 Å². The maximum Gasteiger partial charge on any atom is 0.276 e. The van der Waals surface area contributed by atoms with Crippen LogP contribution in [0.25, 0.3) is 43.6 Å². The number of nitrogens with zero attached hydrogens (tertiary/aromatic N) is 3. The van der Waals surface area contributed by atoms with Crippen LogP contribution in [-0.4, -0.2) is 98.1 Å². The number of aromatic nitrogens is 3. The van der Waals surface area contributed by atoms with Crippen LogP contribution in [0.15, 0.2) is 54.6 Å². The summed E-state index contributed by atoms with van der Waals surface area (Å²) in [5, 5.41) is 75.3. The van der Waals surface area contributed by atoms with E-state index in [1.165, 1.54) is 28.8 Å². The van der Waals surface area contributed by atoms with Gasteiger partial charge in [-0.2, -0.15) is 0 Å². The third-order valence-electron chi connectivity index (χ3n) is 9.16. The Bertz CT molecular complexity index is 2320. The molecule has 1 fully saturated rings. The molecule has 0 radical (unpaired) electrons. The first-order chi connectivity index (χ1) is 23.1. The van der Waals surface area contributed by atoms with Crippen molar-refractivity contribution in [2.24, 2.45) is 0 Å². The SMILES string of the molecule is O=C1c2c(c3c4ccc(O)cc4n([C@@H]4O[C@H](CO)[C@@H](O)[C@H](O)[C@H]4O)c3c3[nH]c4cc(O)ccc4c23)C(=O)N1NCc1cccc(CO)n1.[Cl-]. The van der Waals surface area contributed by atoms with Crippen molar-refractivity contribution in [3.63, 3.8) is 0 Å². The Balaban J connectivity index is 0.00000378. The Labute approximate surface area is 281 Å². The molecule has 2 aliphatic rings. The lowest BCUT2D eigenvalue weighted by Crippen LogP contribution is -3.00. The van der Waals surface area contributed by atoms with Crippen LogP contribution in [0.5, 0.6) is 11.5 Å². The minimum absolute atomic E-state index is 0. The summed E-state index contributed by atoms with van der Waals surface area (Å²) in [6.07, 6.45) is -7.85. The third kappa shape index (κ3) is 4.74. The molecule has 3 aromatic heterocycles. The van der Waals surface area contributed by atoms with Crippen LogP contribution in [0.1, 0.15) is 38.3 Å². The number of benzene rings is 3. The lowest BCUT2D eigenvalue weighted by Gasteiger charge is -2.41. The summed E-state index contributed by atoms with van der Waals surface area (Å²) in [6, 6.07) is 13.8. The molecule has 2 amide bonds. The molecule has 1 saturated heterocycles. The molecule has 8 rings (SSSR count). The minimum Gasteiger partial charge on any atom is -1.00 e. The van der Waals surface area contributed by atoms with Crippen LogP contribution in [0.4, 0.5) is 0 Å². The molecule has 0 spiro atoms. The zero-order valence-corrected chi connectivity index (χ0v) is 26.0. The average Bonchev–Trinajstić information content (AvgIpc) is 3.69. The summed E-state index contributed by atoms with van der Waals surface area (Å²) in [5.41, 5.74) is 5.06. The lowest BCUT2D eigenvalue weighted by atomic mass is 9.96. The fraction of sp³-hybridized carbons (Fsp3) is 0.242. The van der Waals surface area contributed by atoms with Gasteiger partial charge in [0, 0.05) is 33.7 Å². The number of halogens is 1. The second-order valence-electron chi connectivity index (χ2n) is 11.9. The number of carbonyl (C=O) groups excluding carboxylic acids is 2. The van der Waals surface area contributed by atoms with Gasteiger partial charge in [-0.1, -0.05) is 6.07 Å². The molecule has 5 heterocycles. The van der Waals surface area contributed by atoms with Crippen molar-refractivity contribution in [2.45, 2.75) is 43.8 Å². The van der Waals surface area contributed by atoms with Crippen molar-refractivity contribution < 1.29 is 62.5 Å². The number of amides is 2. The Morgan fingerprint density at radius 1 is 0.837 bits per heavy atom. The summed E-state index contributed by atoms with van der Waals surface area (Å²) in [5.74, 6) is -1.60. The van der Waals surface area contributed by atoms with Gasteiger partial charge in [-0.05, 0) is 36.4 Å². The van der Waals surface area contributed by atoms with Gasteiger partial charge in [0.2, 0.25) is 0 Å². The number of hydrazine groups is 1. The summed E-state index contributed by atoms with van der Waals surface area (Å²) in [6.45, 7) is -1.02. The van der Waals surface area contributed by atoms with Crippen molar-refractivity contribution in [3.8, 4) is 11.5 Å². The Morgan fingerprint density at radius 3 is 2.22 bits per heavy atom. The van der Waals surface area contributed by atoms with Gasteiger partial charge in [0.1, 0.15) is 35.9 Å². The molecule has 5 atom stereocenters. The van der Waals surface area contributed by atoms with Gasteiger partial charge in [-0.3, -0.25) is 14.6 Å². The van der Waals surface area contributed by atoms with Gasteiger partial charge in [0.25, 0.3) is 11.8 Å². The Hall–Kier alpha value is -4.84. The van der Waals surface area contributed by atoms with Crippen LogP contribution < -0.4 is 17.8 Å². The van der Waals surface area contributed by atoms with Crippen LogP contribution in [0.3, 0.4) is 0 Å². The van der Waals surface area contributed by atoms with Crippen LogP contribution in [0, 0.1) is 0 Å². The van der Waals surface area contributed by atoms with E-state index in [4.69, 9.17) is 4.74 Å². The number of rotatable bonds is 6. The first kappa shape index (κ1) is 32.7. The molecule has 15 nitrogen and oxygen atoms in total. The Kier molecular flexibility index (Phi) is 7.97. The normalized spacial score (nSPS) is 22.5. The number of aliphatic hydroxyl groups excluding tert-OH is 5. The van der Waals surface area contributed by atoms with Gasteiger partial charge < -0.3 is 62.4 Å². The van der Waals surface area contributed by atoms with Gasteiger partial charge >= 0.3 is 0 Å². The number of hydrogen-bond acceptors (Lipinski definition) is 12. The van der Waals surface area contributed by atoms with E-state index in [0.29, 0.717) is 38.6 Å². The zero-order valence-electron chi connectivity index (χ0n) is 25.3. The summed E-state index contributed by atoms with van der Waals surface area (Å²) in [7, 11) is 0. The zero-order chi connectivity index (χ0) is 33.6. The second kappa shape index (κ2) is 11.9.